The van der Waals surface area contributed by atoms with Gasteiger partial charge in [-0.25, -0.2) is 4.98 Å². The Morgan fingerprint density at radius 1 is 1.42 bits per heavy atom. The molecule has 1 aliphatic rings. The minimum atomic E-state index is 0.682. The molecule has 2 atom stereocenters. The van der Waals surface area contributed by atoms with Crippen LogP contribution < -0.4 is 5.32 Å². The highest BCUT2D eigenvalue weighted by atomic mass is 15.0. The average Bonchev–Trinajstić information content (AvgIpc) is 2.38. The van der Waals surface area contributed by atoms with Crippen molar-refractivity contribution in [1.82, 2.24) is 4.98 Å². The maximum absolute atomic E-state index is 8.94. The second-order valence-electron chi connectivity index (χ2n) is 5.85. The molecule has 1 aromatic heterocycles. The van der Waals surface area contributed by atoms with E-state index < -0.39 is 0 Å². The van der Waals surface area contributed by atoms with E-state index in [2.05, 4.69) is 23.3 Å². The Morgan fingerprint density at radius 3 is 3.00 bits per heavy atom. The van der Waals surface area contributed by atoms with Crippen molar-refractivity contribution in [3.8, 4) is 6.07 Å². The van der Waals surface area contributed by atoms with Crippen LogP contribution in [0.4, 0.5) is 5.82 Å². The molecule has 3 nitrogen and oxygen atoms in total. The van der Waals surface area contributed by atoms with Crippen molar-refractivity contribution < 1.29 is 0 Å². The second kappa shape index (κ2) is 6.56. The fourth-order valence-corrected chi connectivity index (χ4v) is 3.05. The highest BCUT2D eigenvalue weighted by molar-refractivity contribution is 5.44. The first-order valence-electron chi connectivity index (χ1n) is 7.30. The van der Waals surface area contributed by atoms with Gasteiger partial charge < -0.3 is 5.32 Å². The summed E-state index contributed by atoms with van der Waals surface area (Å²) in [5, 5.41) is 12.3. The van der Waals surface area contributed by atoms with Gasteiger partial charge in [-0.3, -0.25) is 0 Å². The van der Waals surface area contributed by atoms with E-state index in [4.69, 9.17) is 5.26 Å². The van der Waals surface area contributed by atoms with E-state index in [9.17, 15) is 0 Å². The van der Waals surface area contributed by atoms with Crippen LogP contribution in [-0.2, 0) is 0 Å². The van der Waals surface area contributed by atoms with Gasteiger partial charge in [-0.15, -0.1) is 0 Å². The van der Waals surface area contributed by atoms with E-state index in [0.29, 0.717) is 5.56 Å². The molecule has 1 fully saturated rings. The summed E-state index contributed by atoms with van der Waals surface area (Å²) >= 11 is 0. The smallest absolute Gasteiger partial charge is 0.127 e. The quantitative estimate of drug-likeness (QED) is 0.890. The van der Waals surface area contributed by atoms with Crippen LogP contribution in [0.2, 0.25) is 0 Å². The first-order valence-corrected chi connectivity index (χ1v) is 7.30. The Bertz CT molecular complexity index is 462. The van der Waals surface area contributed by atoms with Gasteiger partial charge in [0.25, 0.3) is 0 Å². The van der Waals surface area contributed by atoms with Gasteiger partial charge in [-0.1, -0.05) is 26.2 Å². The highest BCUT2D eigenvalue weighted by Gasteiger charge is 2.18. The van der Waals surface area contributed by atoms with E-state index in [-0.39, 0.29) is 0 Å². The molecule has 1 saturated carbocycles. The zero-order valence-electron chi connectivity index (χ0n) is 11.9. The number of rotatable bonds is 4. The number of nitrogens with zero attached hydrogens (tertiary/aromatic N) is 2. The van der Waals surface area contributed by atoms with Crippen molar-refractivity contribution in [1.29, 1.82) is 5.26 Å². The molecule has 0 aliphatic heterocycles. The molecule has 2 rings (SSSR count). The number of nitriles is 1. The summed E-state index contributed by atoms with van der Waals surface area (Å²) in [6, 6.07) is 5.82. The van der Waals surface area contributed by atoms with Crippen LogP contribution in [0.5, 0.6) is 0 Å². The third-order valence-electron chi connectivity index (χ3n) is 3.99. The van der Waals surface area contributed by atoms with Crippen molar-refractivity contribution in [3.05, 3.63) is 23.4 Å². The molecule has 19 heavy (non-hydrogen) atoms. The predicted molar refractivity (Wildman–Crippen MR) is 77.9 cm³/mol. The van der Waals surface area contributed by atoms with Crippen LogP contribution in [0.3, 0.4) is 0 Å². The number of nitrogens with one attached hydrogen (secondary N) is 1. The van der Waals surface area contributed by atoms with E-state index >= 15 is 0 Å². The van der Waals surface area contributed by atoms with Gasteiger partial charge in [-0.05, 0) is 43.7 Å². The van der Waals surface area contributed by atoms with Crippen LogP contribution >= 0.6 is 0 Å². The van der Waals surface area contributed by atoms with Gasteiger partial charge in [-0.2, -0.15) is 5.26 Å². The monoisotopic (exact) mass is 257 g/mol. The third kappa shape index (κ3) is 4.24. The number of hydrogen-bond donors (Lipinski definition) is 1. The molecular weight excluding hydrogens is 234 g/mol. The number of hydrogen-bond acceptors (Lipinski definition) is 3. The number of anilines is 1. The molecule has 102 valence electrons. The molecular formula is C16H23N3. The van der Waals surface area contributed by atoms with Gasteiger partial charge in [0, 0.05) is 12.2 Å². The Kier molecular flexibility index (Phi) is 4.79. The Balaban J connectivity index is 1.82. The van der Waals surface area contributed by atoms with Crippen molar-refractivity contribution in [2.75, 3.05) is 11.9 Å². The molecule has 2 unspecified atom stereocenters. The normalized spacial score (nSPS) is 22.8. The summed E-state index contributed by atoms with van der Waals surface area (Å²) in [4.78, 5) is 4.42. The lowest BCUT2D eigenvalue weighted by Crippen LogP contribution is -2.17. The summed E-state index contributed by atoms with van der Waals surface area (Å²) < 4.78 is 0. The number of aryl methyl sites for hydroxylation is 1. The standard InChI is InChI=1S/C16H23N3/c1-12-4-3-5-14(8-12)6-7-18-16-10-15(11-17)9-13(2)19-16/h9-10,12,14H,3-8H2,1-2H3,(H,18,19). The van der Waals surface area contributed by atoms with Crippen LogP contribution in [0.15, 0.2) is 12.1 Å². The molecule has 0 radical (unpaired) electrons. The Labute approximate surface area is 116 Å². The topological polar surface area (TPSA) is 48.7 Å². The minimum absolute atomic E-state index is 0.682. The first kappa shape index (κ1) is 13.9. The van der Waals surface area contributed by atoms with Crippen molar-refractivity contribution >= 4 is 5.82 Å². The van der Waals surface area contributed by atoms with Gasteiger partial charge in [0.1, 0.15) is 5.82 Å². The Morgan fingerprint density at radius 2 is 2.26 bits per heavy atom. The zero-order chi connectivity index (χ0) is 13.7. The molecule has 0 spiro atoms. The summed E-state index contributed by atoms with van der Waals surface area (Å²) in [6.07, 6.45) is 6.73. The summed E-state index contributed by atoms with van der Waals surface area (Å²) in [7, 11) is 0. The predicted octanol–water partition coefficient (Wildman–Crippen LogP) is 3.89. The first-order chi connectivity index (χ1) is 9.17. The molecule has 0 aromatic carbocycles. The largest absolute Gasteiger partial charge is 0.370 e. The fraction of sp³-hybridized carbons (Fsp3) is 0.625. The number of pyridine rings is 1. The van der Waals surface area contributed by atoms with Gasteiger partial charge in [0.2, 0.25) is 0 Å². The lowest BCUT2D eigenvalue weighted by molar-refractivity contribution is 0.274. The SMILES string of the molecule is Cc1cc(C#N)cc(NCCC2CCCC(C)C2)n1. The number of aromatic nitrogens is 1. The van der Waals surface area contributed by atoms with Crippen molar-refractivity contribution in [3.63, 3.8) is 0 Å². The second-order valence-corrected chi connectivity index (χ2v) is 5.85. The maximum atomic E-state index is 8.94. The summed E-state index contributed by atoms with van der Waals surface area (Å²) in [5.74, 6) is 2.58. The molecule has 0 saturated heterocycles. The molecule has 1 heterocycles. The summed E-state index contributed by atoms with van der Waals surface area (Å²) in [5.41, 5.74) is 1.58. The molecule has 3 heteroatoms. The highest BCUT2D eigenvalue weighted by Crippen LogP contribution is 2.30. The lowest BCUT2D eigenvalue weighted by atomic mass is 9.81. The minimum Gasteiger partial charge on any atom is -0.370 e. The van der Waals surface area contributed by atoms with E-state index in [1.54, 1.807) is 0 Å². The van der Waals surface area contributed by atoms with Crippen molar-refractivity contribution in [2.45, 2.75) is 46.0 Å². The third-order valence-corrected chi connectivity index (χ3v) is 3.99. The van der Waals surface area contributed by atoms with E-state index in [0.717, 1.165) is 29.9 Å². The van der Waals surface area contributed by atoms with Crippen LogP contribution in [0, 0.1) is 30.1 Å². The molecule has 1 aliphatic carbocycles. The average molecular weight is 257 g/mol. The molecule has 1 N–H and O–H groups in total. The molecule has 1 aromatic rings. The van der Waals surface area contributed by atoms with Gasteiger partial charge >= 0.3 is 0 Å². The van der Waals surface area contributed by atoms with Crippen LogP contribution in [0.1, 0.15) is 50.3 Å². The maximum Gasteiger partial charge on any atom is 0.127 e. The van der Waals surface area contributed by atoms with Crippen molar-refractivity contribution in [2.24, 2.45) is 11.8 Å². The van der Waals surface area contributed by atoms with Gasteiger partial charge in [0.05, 0.1) is 11.6 Å². The zero-order valence-corrected chi connectivity index (χ0v) is 11.9. The summed E-state index contributed by atoms with van der Waals surface area (Å²) in [6.45, 7) is 5.24. The molecule has 0 bridgehead atoms. The van der Waals surface area contributed by atoms with E-state index in [1.165, 1.54) is 32.1 Å². The van der Waals surface area contributed by atoms with Crippen LogP contribution in [-0.4, -0.2) is 11.5 Å². The van der Waals surface area contributed by atoms with Crippen LogP contribution in [0.25, 0.3) is 0 Å². The molecule has 0 amide bonds. The van der Waals surface area contributed by atoms with E-state index in [1.807, 2.05) is 19.1 Å². The lowest BCUT2D eigenvalue weighted by Gasteiger charge is -2.26. The van der Waals surface area contributed by atoms with Gasteiger partial charge in [0.15, 0.2) is 0 Å². The Hall–Kier alpha value is -1.56. The fourth-order valence-electron chi connectivity index (χ4n) is 3.05.